The monoisotopic (exact) mass is 472 g/mol. The fourth-order valence-corrected chi connectivity index (χ4v) is 1.53. The van der Waals surface area contributed by atoms with Gasteiger partial charge >= 0.3 is 44.3 Å². The molecule has 0 aromatic rings. The number of allylic oxidation sites excluding steroid dienone is 5. The third-order valence-corrected chi connectivity index (χ3v) is 2.68. The molecule has 9 heteroatoms. The van der Waals surface area contributed by atoms with E-state index in [0.29, 0.717) is 30.4 Å². The van der Waals surface area contributed by atoms with E-state index in [-0.39, 0.29) is 19.5 Å². The van der Waals surface area contributed by atoms with Crippen LogP contribution in [0, 0.1) is 33.0 Å². The maximum atomic E-state index is 9.87. The average molecular weight is 472 g/mol. The van der Waals surface area contributed by atoms with E-state index in [9.17, 15) is 25.2 Å². The first-order chi connectivity index (χ1) is 10.5. The van der Waals surface area contributed by atoms with Gasteiger partial charge < -0.3 is 48.6 Å². The fraction of sp³-hybridized carbons (Fsp3) is 0.312. The van der Waals surface area contributed by atoms with Crippen LogP contribution in [0.25, 0.3) is 0 Å². The largest absolute Gasteiger partial charge is 0.391 e. The number of halogens is 6. The van der Waals surface area contributed by atoms with E-state index in [1.54, 1.807) is 0 Å². The molecule has 1 saturated carbocycles. The molecule has 0 spiro atoms. The Morgan fingerprint density at radius 1 is 0.720 bits per heavy atom. The van der Waals surface area contributed by atoms with E-state index < -0.39 is 7.81 Å². The summed E-state index contributed by atoms with van der Waals surface area (Å²) in [6.07, 6.45) is 3.61. The molecule has 1 aliphatic rings. The molecule has 0 heterocycles. The first-order valence-corrected chi connectivity index (χ1v) is 8.38. The van der Waals surface area contributed by atoms with Gasteiger partial charge in [-0.2, -0.15) is 0 Å². The van der Waals surface area contributed by atoms with Crippen LogP contribution in [-0.2, 0) is 24.1 Å². The first kappa shape index (κ1) is 28.9. The molecule has 1 aliphatic carbocycles. The average Bonchev–Trinajstić information content (AvgIpc) is 2.39. The Balaban J connectivity index is -0.000000413. The van der Waals surface area contributed by atoms with Crippen molar-refractivity contribution >= 4 is 7.81 Å². The van der Waals surface area contributed by atoms with E-state index in [1.807, 2.05) is 0 Å². The third kappa shape index (κ3) is 23.1. The van der Waals surface area contributed by atoms with E-state index in [0.717, 1.165) is 29.6 Å². The van der Waals surface area contributed by atoms with Crippen LogP contribution in [0.5, 0.6) is 0 Å². The fourth-order valence-electron chi connectivity index (χ4n) is 1.53. The maximum Gasteiger partial charge on any atom is 0 e. The maximum absolute atomic E-state index is 10.7. The Labute approximate surface area is 157 Å². The Bertz CT molecular complexity index is 560. The molecule has 0 unspecified atom stereocenters. The van der Waals surface area contributed by atoms with Gasteiger partial charge in [-0.15, -0.1) is 32.3 Å². The van der Waals surface area contributed by atoms with Crippen molar-refractivity contribution < 1.29 is 49.3 Å². The van der Waals surface area contributed by atoms with Crippen LogP contribution in [0.15, 0.2) is 34.4 Å². The van der Waals surface area contributed by atoms with Crippen molar-refractivity contribution in [3.63, 3.8) is 0 Å². The van der Waals surface area contributed by atoms with Crippen LogP contribution in [0.3, 0.4) is 0 Å². The topological polar surface area (TPSA) is 19.9 Å². The molecule has 1 nitrogen and oxygen atoms in total. The summed E-state index contributed by atoms with van der Waals surface area (Å²) >= 11 is 0. The summed E-state index contributed by atoms with van der Waals surface area (Å²) < 4.78 is 66.7. The predicted molar refractivity (Wildman–Crippen MR) is 81.0 cm³/mol. The molecule has 25 heavy (non-hydrogen) atoms. The van der Waals surface area contributed by atoms with Crippen LogP contribution in [0.2, 0.25) is 0 Å². The second-order valence-corrected chi connectivity index (χ2v) is 6.90. The van der Waals surface area contributed by atoms with Crippen molar-refractivity contribution in [1.29, 1.82) is 0 Å². The number of rotatable bonds is 0. The van der Waals surface area contributed by atoms with E-state index in [2.05, 4.69) is 13.2 Å². The molecule has 147 valence electrons. The van der Waals surface area contributed by atoms with Gasteiger partial charge in [-0.25, -0.2) is 0 Å². The summed E-state index contributed by atoms with van der Waals surface area (Å²) in [5.74, 6) is 0. The molecular weight excluding hydrogens is 456 g/mol. The summed E-state index contributed by atoms with van der Waals surface area (Å²) in [6, 6.07) is 0. The standard InChI is InChI=1S/C15H16.CO.F6P.Rh/c1-11-6-7-12(2)13(3)8-9-14(4)15(5)10-11;1-2;1-7(2,3,4,5)6;/h2-5H,1,6-10H2;;;/q-4;;-1;. The molecule has 0 N–H and O–H groups in total. The van der Waals surface area contributed by atoms with Crippen molar-refractivity contribution in [3.8, 4) is 0 Å². The molecule has 1 radical (unpaired) electrons. The minimum absolute atomic E-state index is 0. The third-order valence-electron chi connectivity index (χ3n) is 2.68. The predicted octanol–water partition coefficient (Wildman–Crippen LogP) is 7.29. The van der Waals surface area contributed by atoms with Gasteiger partial charge in [0.1, 0.15) is 0 Å². The number of hydrogen-bond donors (Lipinski definition) is 0. The van der Waals surface area contributed by atoms with Crippen LogP contribution >= 0.6 is 7.81 Å². The molecule has 0 aromatic carbocycles. The van der Waals surface area contributed by atoms with Crippen LogP contribution in [0.1, 0.15) is 32.1 Å². The summed E-state index contributed by atoms with van der Waals surface area (Å²) in [7, 11) is -10.7. The number of hydrogen-bond acceptors (Lipinski definition) is 0. The normalized spacial score (nSPS) is 19.0. The Morgan fingerprint density at radius 3 is 1.28 bits per heavy atom. The SMILES string of the molecule is F[P-](F)(F)(F)(F)F.[C-]#[O+].[CH-]=C1CCC(=[CH-])C(=[CH-])CC(=C)CCC1=[CH-].[Rh]. The Morgan fingerprint density at radius 2 is 0.960 bits per heavy atom. The summed E-state index contributed by atoms with van der Waals surface area (Å²) in [4.78, 5) is 0. The molecule has 0 bridgehead atoms. The quantitative estimate of drug-likeness (QED) is 0.0882. The summed E-state index contributed by atoms with van der Waals surface area (Å²) in [5, 5.41) is 0. The van der Waals surface area contributed by atoms with Gasteiger partial charge in [-0.3, -0.25) is 0 Å². The zero-order valence-corrected chi connectivity index (χ0v) is 15.5. The smallest absolute Gasteiger partial charge is 0 e. The van der Waals surface area contributed by atoms with Crippen LogP contribution in [0.4, 0.5) is 25.2 Å². The minimum atomic E-state index is -10.7. The Hall–Kier alpha value is -0.927. The van der Waals surface area contributed by atoms with Gasteiger partial charge in [0.15, 0.2) is 0 Å². The van der Waals surface area contributed by atoms with Crippen molar-refractivity contribution in [2.24, 2.45) is 0 Å². The van der Waals surface area contributed by atoms with E-state index in [4.69, 9.17) is 31.0 Å². The van der Waals surface area contributed by atoms with Crippen molar-refractivity contribution in [3.05, 3.63) is 67.4 Å². The van der Waals surface area contributed by atoms with Gasteiger partial charge in [0.05, 0.1) is 0 Å². The van der Waals surface area contributed by atoms with Crippen LogP contribution in [-0.4, -0.2) is 0 Å². The second-order valence-electron chi connectivity index (χ2n) is 4.99. The van der Waals surface area contributed by atoms with E-state index >= 15 is 0 Å². The molecule has 0 aliphatic heterocycles. The Kier molecular flexibility index (Phi) is 11.2. The van der Waals surface area contributed by atoms with Gasteiger partial charge in [-0.05, 0) is 6.42 Å². The van der Waals surface area contributed by atoms with E-state index in [1.165, 1.54) is 0 Å². The second kappa shape index (κ2) is 9.68. The van der Waals surface area contributed by atoms with Gasteiger partial charge in [0.25, 0.3) is 0 Å². The molecule has 0 amide bonds. The van der Waals surface area contributed by atoms with Gasteiger partial charge in [-0.1, -0.05) is 5.57 Å². The molecular formula is C16H16F6OPRh-5. The summed E-state index contributed by atoms with van der Waals surface area (Å²) in [6.45, 7) is 31.8. The van der Waals surface area contributed by atoms with Crippen molar-refractivity contribution in [2.45, 2.75) is 32.1 Å². The summed E-state index contributed by atoms with van der Waals surface area (Å²) in [5.41, 5.74) is 3.94. The van der Waals surface area contributed by atoms with Gasteiger partial charge in [0.2, 0.25) is 0 Å². The molecule has 1 fully saturated rings. The minimum Gasteiger partial charge on any atom is -0.391 e. The zero-order valence-electron chi connectivity index (χ0n) is 13.0. The van der Waals surface area contributed by atoms with Crippen LogP contribution < -0.4 is 0 Å². The zero-order chi connectivity index (χ0) is 19.8. The molecule has 0 saturated heterocycles. The van der Waals surface area contributed by atoms with Crippen molar-refractivity contribution in [1.82, 2.24) is 0 Å². The molecule has 0 aromatic heterocycles. The van der Waals surface area contributed by atoms with Crippen molar-refractivity contribution in [2.75, 3.05) is 0 Å². The van der Waals surface area contributed by atoms with Gasteiger partial charge in [0, 0.05) is 19.5 Å². The molecule has 0 atom stereocenters. The molecule has 1 rings (SSSR count). The first-order valence-electron chi connectivity index (χ1n) is 6.35.